The largest absolute Gasteiger partial charge is 0.455 e. The summed E-state index contributed by atoms with van der Waals surface area (Å²) in [7, 11) is 0. The Kier molecular flexibility index (Phi) is 2.94. The molecule has 2 aromatic rings. The number of halogens is 1. The highest BCUT2D eigenvalue weighted by atomic mass is 79.9. The Labute approximate surface area is 113 Å². The fraction of sp³-hybridized carbons (Fsp3) is 0.385. The van der Waals surface area contributed by atoms with Crippen LogP contribution >= 0.6 is 15.9 Å². The van der Waals surface area contributed by atoms with Gasteiger partial charge in [0, 0.05) is 16.4 Å². The lowest BCUT2D eigenvalue weighted by molar-refractivity contribution is -0.172. The van der Waals surface area contributed by atoms with E-state index in [2.05, 4.69) is 15.9 Å². The van der Waals surface area contributed by atoms with Crippen LogP contribution in [0.5, 0.6) is 0 Å². The Hall–Kier alpha value is -0.880. The third kappa shape index (κ3) is 1.97. The molecule has 1 fully saturated rings. The van der Waals surface area contributed by atoms with Gasteiger partial charge in [0.2, 0.25) is 5.79 Å². The van der Waals surface area contributed by atoms with Gasteiger partial charge in [0.15, 0.2) is 5.76 Å². The number of nitrogens with two attached hydrogens (primary N) is 1. The van der Waals surface area contributed by atoms with Crippen molar-refractivity contribution >= 4 is 26.9 Å². The molecule has 1 aromatic carbocycles. The lowest BCUT2D eigenvalue weighted by atomic mass is 10.2. The second-order valence-electron chi connectivity index (χ2n) is 4.53. The maximum Gasteiger partial charge on any atom is 0.225 e. The summed E-state index contributed by atoms with van der Waals surface area (Å²) in [5.74, 6) is -0.165. The first-order chi connectivity index (χ1) is 8.60. The summed E-state index contributed by atoms with van der Waals surface area (Å²) in [6.45, 7) is 2.80. The van der Waals surface area contributed by atoms with Gasteiger partial charge in [-0.05, 0) is 31.2 Å². The maximum absolute atomic E-state index is 5.79. The second-order valence-corrected chi connectivity index (χ2v) is 5.44. The number of fused-ring (bicyclic) bond motifs is 1. The van der Waals surface area contributed by atoms with Crippen LogP contribution in [0.1, 0.15) is 12.7 Å². The van der Waals surface area contributed by atoms with Crippen molar-refractivity contribution in [1.82, 2.24) is 0 Å². The van der Waals surface area contributed by atoms with Gasteiger partial charge in [-0.2, -0.15) is 0 Å². The van der Waals surface area contributed by atoms with Crippen molar-refractivity contribution in [1.29, 1.82) is 0 Å². The van der Waals surface area contributed by atoms with E-state index < -0.39 is 5.79 Å². The van der Waals surface area contributed by atoms with E-state index in [0.29, 0.717) is 18.9 Å². The Morgan fingerprint density at radius 1 is 1.44 bits per heavy atom. The van der Waals surface area contributed by atoms with Gasteiger partial charge in [-0.1, -0.05) is 15.9 Å². The number of benzene rings is 1. The molecule has 1 aromatic heterocycles. The van der Waals surface area contributed by atoms with Crippen LogP contribution in [-0.2, 0) is 15.3 Å². The Bertz CT molecular complexity index is 583. The predicted molar refractivity (Wildman–Crippen MR) is 71.1 cm³/mol. The molecular weight excluding hydrogens is 298 g/mol. The highest BCUT2D eigenvalue weighted by Gasteiger charge is 2.41. The maximum atomic E-state index is 5.79. The lowest BCUT2D eigenvalue weighted by Gasteiger charge is -2.20. The van der Waals surface area contributed by atoms with E-state index in [1.165, 1.54) is 0 Å². The summed E-state index contributed by atoms with van der Waals surface area (Å²) in [5.41, 5.74) is 6.40. The number of hydrogen-bond acceptors (Lipinski definition) is 4. The van der Waals surface area contributed by atoms with Crippen molar-refractivity contribution in [3.63, 3.8) is 0 Å². The van der Waals surface area contributed by atoms with E-state index in [1.54, 1.807) is 0 Å². The van der Waals surface area contributed by atoms with E-state index in [0.717, 1.165) is 15.4 Å². The minimum absolute atomic E-state index is 0.0741. The van der Waals surface area contributed by atoms with Crippen LogP contribution < -0.4 is 5.73 Å². The van der Waals surface area contributed by atoms with Gasteiger partial charge in [0.25, 0.3) is 0 Å². The Morgan fingerprint density at radius 2 is 2.28 bits per heavy atom. The van der Waals surface area contributed by atoms with Crippen molar-refractivity contribution in [3.8, 4) is 0 Å². The predicted octanol–water partition coefficient (Wildman–Crippen LogP) is 2.74. The van der Waals surface area contributed by atoms with Crippen LogP contribution in [0.4, 0.5) is 0 Å². The number of hydrogen-bond donors (Lipinski definition) is 1. The molecule has 4 nitrogen and oxygen atoms in total. The fourth-order valence-corrected chi connectivity index (χ4v) is 2.50. The van der Waals surface area contributed by atoms with E-state index >= 15 is 0 Å². The number of rotatable bonds is 2. The molecular formula is C13H14BrNO3. The smallest absolute Gasteiger partial charge is 0.225 e. The summed E-state index contributed by atoms with van der Waals surface area (Å²) < 4.78 is 18.3. The first-order valence-corrected chi connectivity index (χ1v) is 6.61. The topological polar surface area (TPSA) is 57.6 Å². The Morgan fingerprint density at radius 3 is 3.00 bits per heavy atom. The van der Waals surface area contributed by atoms with Crippen molar-refractivity contribution in [2.75, 3.05) is 13.2 Å². The van der Waals surface area contributed by atoms with E-state index in [-0.39, 0.29) is 6.10 Å². The molecule has 0 saturated carbocycles. The van der Waals surface area contributed by atoms with Gasteiger partial charge in [0.1, 0.15) is 5.58 Å². The van der Waals surface area contributed by atoms with Crippen molar-refractivity contribution in [2.24, 2.45) is 5.73 Å². The molecule has 1 saturated heterocycles. The molecule has 0 bridgehead atoms. The molecule has 0 aliphatic carbocycles. The molecule has 1 aliphatic rings. The molecule has 96 valence electrons. The van der Waals surface area contributed by atoms with Gasteiger partial charge in [-0.25, -0.2) is 0 Å². The molecule has 18 heavy (non-hydrogen) atoms. The molecule has 2 N–H and O–H groups in total. The molecule has 0 amide bonds. The molecule has 3 rings (SSSR count). The summed E-state index contributed by atoms with van der Waals surface area (Å²) in [6.07, 6.45) is -0.0741. The van der Waals surface area contributed by atoms with Crippen LogP contribution in [0.2, 0.25) is 0 Å². The highest BCUT2D eigenvalue weighted by Crippen LogP contribution is 2.37. The SMILES string of the molecule is CC1(c2cc3cc(Br)ccc3o2)OCC(CN)O1. The standard InChI is InChI=1S/C13H14BrNO3/c1-13(16-7-10(6-15)18-13)12-5-8-4-9(14)2-3-11(8)17-12/h2-5,10H,6-7,15H2,1H3. The molecule has 0 radical (unpaired) electrons. The van der Waals surface area contributed by atoms with Gasteiger partial charge >= 0.3 is 0 Å². The van der Waals surface area contributed by atoms with Crippen molar-refractivity contribution in [2.45, 2.75) is 18.8 Å². The third-order valence-corrected chi connectivity index (χ3v) is 3.62. The third-order valence-electron chi connectivity index (χ3n) is 3.13. The summed E-state index contributed by atoms with van der Waals surface area (Å²) >= 11 is 3.44. The van der Waals surface area contributed by atoms with Crippen LogP contribution in [0.25, 0.3) is 11.0 Å². The van der Waals surface area contributed by atoms with Gasteiger partial charge in [-0.3, -0.25) is 0 Å². The minimum Gasteiger partial charge on any atom is -0.455 e. The Balaban J connectivity index is 1.99. The van der Waals surface area contributed by atoms with E-state index in [4.69, 9.17) is 19.6 Å². The summed E-state index contributed by atoms with van der Waals surface area (Å²) in [5, 5.41) is 1.02. The zero-order valence-corrected chi connectivity index (χ0v) is 11.6. The second kappa shape index (κ2) is 4.35. The monoisotopic (exact) mass is 311 g/mol. The first kappa shape index (κ1) is 12.2. The van der Waals surface area contributed by atoms with Crippen LogP contribution in [0.15, 0.2) is 33.2 Å². The lowest BCUT2D eigenvalue weighted by Crippen LogP contribution is -2.26. The quantitative estimate of drug-likeness (QED) is 0.926. The first-order valence-electron chi connectivity index (χ1n) is 5.82. The zero-order valence-electron chi connectivity index (χ0n) is 9.98. The van der Waals surface area contributed by atoms with E-state index in [9.17, 15) is 0 Å². The summed E-state index contributed by atoms with van der Waals surface area (Å²) in [6, 6.07) is 7.80. The van der Waals surface area contributed by atoms with Crippen LogP contribution in [-0.4, -0.2) is 19.3 Å². The number of furan rings is 1. The van der Waals surface area contributed by atoms with Crippen LogP contribution in [0.3, 0.4) is 0 Å². The van der Waals surface area contributed by atoms with Gasteiger partial charge < -0.3 is 19.6 Å². The zero-order chi connectivity index (χ0) is 12.8. The minimum atomic E-state index is -0.838. The van der Waals surface area contributed by atoms with Crippen molar-refractivity contribution in [3.05, 3.63) is 34.5 Å². The average molecular weight is 312 g/mol. The van der Waals surface area contributed by atoms with Crippen LogP contribution in [0, 0.1) is 0 Å². The molecule has 1 aliphatic heterocycles. The number of ether oxygens (including phenoxy) is 2. The summed E-state index contributed by atoms with van der Waals surface area (Å²) in [4.78, 5) is 0. The molecule has 2 unspecified atom stereocenters. The fourth-order valence-electron chi connectivity index (χ4n) is 2.12. The van der Waals surface area contributed by atoms with Gasteiger partial charge in [-0.15, -0.1) is 0 Å². The molecule has 2 heterocycles. The molecule has 0 spiro atoms. The van der Waals surface area contributed by atoms with E-state index in [1.807, 2.05) is 31.2 Å². The average Bonchev–Trinajstić information content (AvgIpc) is 2.93. The van der Waals surface area contributed by atoms with Gasteiger partial charge in [0.05, 0.1) is 12.7 Å². The highest BCUT2D eigenvalue weighted by molar-refractivity contribution is 9.10. The van der Waals surface area contributed by atoms with Crippen molar-refractivity contribution < 1.29 is 13.9 Å². The molecule has 2 atom stereocenters. The molecule has 5 heteroatoms. The normalized spacial score (nSPS) is 28.1.